The molecule has 0 radical (unpaired) electrons. The monoisotopic (exact) mass is 333 g/mol. The zero-order chi connectivity index (χ0) is 17.0. The van der Waals surface area contributed by atoms with E-state index in [1.165, 1.54) is 6.07 Å². The summed E-state index contributed by atoms with van der Waals surface area (Å²) < 4.78 is 19.2. The van der Waals surface area contributed by atoms with Gasteiger partial charge in [0.15, 0.2) is 17.2 Å². The zero-order valence-electron chi connectivity index (χ0n) is 13.3. The number of aliphatic hydroxyl groups excluding tert-OH is 2. The van der Waals surface area contributed by atoms with Crippen molar-refractivity contribution in [2.75, 3.05) is 6.54 Å². The summed E-state index contributed by atoms with van der Waals surface area (Å²) in [5, 5.41) is 23.2. The Morgan fingerprint density at radius 2 is 2.12 bits per heavy atom. The van der Waals surface area contributed by atoms with Crippen molar-refractivity contribution in [1.82, 2.24) is 5.32 Å². The molecule has 128 valence electrons. The van der Waals surface area contributed by atoms with E-state index in [0.29, 0.717) is 17.5 Å². The normalized spacial score (nSPS) is 31.8. The third-order valence-corrected chi connectivity index (χ3v) is 5.70. The van der Waals surface area contributed by atoms with Crippen LogP contribution in [0.3, 0.4) is 0 Å². The van der Waals surface area contributed by atoms with Gasteiger partial charge in [-0.1, -0.05) is 12.1 Å². The lowest BCUT2D eigenvalue weighted by Gasteiger charge is -2.29. The topological polar surface area (TPSA) is 82.7 Å². The fourth-order valence-corrected chi connectivity index (χ4v) is 4.40. The number of carbonyl (C=O) groups is 1. The van der Waals surface area contributed by atoms with Gasteiger partial charge in [0.05, 0.1) is 12.2 Å². The van der Waals surface area contributed by atoms with E-state index < -0.39 is 18.0 Å². The predicted molar refractivity (Wildman–Crippen MR) is 85.0 cm³/mol. The lowest BCUT2D eigenvalue weighted by molar-refractivity contribution is -0.0332. The van der Waals surface area contributed by atoms with Crippen LogP contribution in [-0.2, 0) is 0 Å². The number of fused-ring (bicyclic) bond motifs is 3. The number of rotatable bonds is 3. The molecule has 0 spiro atoms. The summed E-state index contributed by atoms with van der Waals surface area (Å²) >= 11 is 0. The van der Waals surface area contributed by atoms with Crippen LogP contribution in [0.4, 0.5) is 4.39 Å². The molecule has 2 aromatic rings. The number of nitrogens with one attached hydrogen (secondary N) is 1. The molecule has 0 aliphatic heterocycles. The van der Waals surface area contributed by atoms with Crippen LogP contribution in [0.5, 0.6) is 0 Å². The van der Waals surface area contributed by atoms with Gasteiger partial charge in [-0.05, 0) is 43.6 Å². The first-order valence-electron chi connectivity index (χ1n) is 8.29. The van der Waals surface area contributed by atoms with Crippen LogP contribution in [0.25, 0.3) is 11.0 Å². The van der Waals surface area contributed by atoms with Crippen LogP contribution in [0, 0.1) is 30.5 Å². The van der Waals surface area contributed by atoms with E-state index in [-0.39, 0.29) is 35.0 Å². The predicted octanol–water partition coefficient (Wildman–Crippen LogP) is 1.99. The Morgan fingerprint density at radius 3 is 2.79 bits per heavy atom. The quantitative estimate of drug-likeness (QED) is 0.802. The van der Waals surface area contributed by atoms with Crippen LogP contribution in [0.2, 0.25) is 0 Å². The number of halogens is 1. The summed E-state index contributed by atoms with van der Waals surface area (Å²) in [6, 6.07) is 4.61. The molecule has 6 heteroatoms. The zero-order valence-corrected chi connectivity index (χ0v) is 13.3. The van der Waals surface area contributed by atoms with Gasteiger partial charge in [-0.25, -0.2) is 4.39 Å². The third-order valence-electron chi connectivity index (χ3n) is 5.70. The minimum Gasteiger partial charge on any atom is -0.448 e. The molecule has 3 N–H and O–H groups in total. The number of amides is 1. The molecule has 5 nitrogen and oxygen atoms in total. The van der Waals surface area contributed by atoms with E-state index in [2.05, 4.69) is 5.32 Å². The number of furan rings is 1. The number of carbonyl (C=O) groups excluding carboxylic acids is 1. The second kappa shape index (κ2) is 5.57. The molecule has 0 unspecified atom stereocenters. The van der Waals surface area contributed by atoms with E-state index >= 15 is 0 Å². The summed E-state index contributed by atoms with van der Waals surface area (Å²) in [7, 11) is 0. The summed E-state index contributed by atoms with van der Waals surface area (Å²) in [4.78, 5) is 12.4. The Labute approximate surface area is 138 Å². The molecule has 1 amide bonds. The minimum absolute atomic E-state index is 0.0273. The maximum Gasteiger partial charge on any atom is 0.287 e. The summed E-state index contributed by atoms with van der Waals surface area (Å²) in [5.41, 5.74) is 0.712. The van der Waals surface area contributed by atoms with E-state index in [1.807, 2.05) is 0 Å². The van der Waals surface area contributed by atoms with Gasteiger partial charge in [0.1, 0.15) is 0 Å². The molecular formula is C18H20FNO4. The van der Waals surface area contributed by atoms with Crippen LogP contribution < -0.4 is 5.32 Å². The third kappa shape index (κ3) is 2.24. The Kier molecular flexibility index (Phi) is 3.62. The van der Waals surface area contributed by atoms with Crippen molar-refractivity contribution < 1.29 is 23.8 Å². The average Bonchev–Trinajstić information content (AvgIpc) is 3.21. The molecule has 1 aromatic carbocycles. The smallest absolute Gasteiger partial charge is 0.287 e. The summed E-state index contributed by atoms with van der Waals surface area (Å²) in [6.45, 7) is 2.15. The molecule has 2 aliphatic rings. The highest BCUT2D eigenvalue weighted by atomic mass is 19.1. The average molecular weight is 333 g/mol. The van der Waals surface area contributed by atoms with E-state index in [4.69, 9.17) is 4.42 Å². The molecule has 2 fully saturated rings. The number of aliphatic hydroxyl groups is 2. The molecule has 2 aliphatic carbocycles. The highest BCUT2D eigenvalue weighted by Gasteiger charge is 2.51. The van der Waals surface area contributed by atoms with Crippen molar-refractivity contribution in [2.24, 2.45) is 17.8 Å². The minimum atomic E-state index is -0.701. The van der Waals surface area contributed by atoms with Crippen LogP contribution in [0.15, 0.2) is 22.6 Å². The molecular weight excluding hydrogens is 313 g/mol. The fraction of sp³-hybridized carbons (Fsp3) is 0.500. The first-order chi connectivity index (χ1) is 11.5. The van der Waals surface area contributed by atoms with Crippen molar-refractivity contribution in [1.29, 1.82) is 0 Å². The molecule has 1 aromatic heterocycles. The number of aryl methyl sites for hydroxylation is 1. The Hall–Kier alpha value is -1.92. The van der Waals surface area contributed by atoms with Gasteiger partial charge in [0.25, 0.3) is 5.91 Å². The second-order valence-electron chi connectivity index (χ2n) is 7.02. The summed E-state index contributed by atoms with van der Waals surface area (Å²) in [5.74, 6) is -0.438. The first-order valence-corrected chi connectivity index (χ1v) is 8.29. The largest absolute Gasteiger partial charge is 0.448 e. The van der Waals surface area contributed by atoms with E-state index in [9.17, 15) is 19.4 Å². The maximum absolute atomic E-state index is 13.8. The highest BCUT2D eigenvalue weighted by Crippen LogP contribution is 2.48. The lowest BCUT2D eigenvalue weighted by atomic mass is 9.85. The highest BCUT2D eigenvalue weighted by molar-refractivity contribution is 5.99. The van der Waals surface area contributed by atoms with Gasteiger partial charge in [0.2, 0.25) is 0 Å². The lowest BCUT2D eigenvalue weighted by Crippen LogP contribution is -2.41. The molecule has 1 heterocycles. The van der Waals surface area contributed by atoms with Gasteiger partial charge in [-0.3, -0.25) is 4.79 Å². The Balaban J connectivity index is 1.48. The molecule has 24 heavy (non-hydrogen) atoms. The van der Waals surface area contributed by atoms with Gasteiger partial charge in [0, 0.05) is 17.5 Å². The van der Waals surface area contributed by atoms with E-state index in [0.717, 1.165) is 12.8 Å². The molecule has 0 saturated heterocycles. The number of benzene rings is 1. The number of hydrogen-bond acceptors (Lipinski definition) is 4. The van der Waals surface area contributed by atoms with Crippen molar-refractivity contribution in [3.63, 3.8) is 0 Å². The Bertz CT molecular complexity index is 800. The van der Waals surface area contributed by atoms with Crippen molar-refractivity contribution in [2.45, 2.75) is 32.0 Å². The second-order valence-corrected chi connectivity index (χ2v) is 7.02. The van der Waals surface area contributed by atoms with Gasteiger partial charge in [-0.2, -0.15) is 0 Å². The standard InChI is InChI=1S/C18H20FNO4/c1-8-11-3-2-4-13(19)17(11)24-16(8)18(23)20-7-10-5-9-6-12(10)15(22)14(9)21/h2-4,9-10,12,14-15,21-22H,5-7H2,1H3,(H,20,23)/t9-,10-,12-,14+,15-/m0/s1. The molecule has 2 saturated carbocycles. The van der Waals surface area contributed by atoms with E-state index in [1.54, 1.807) is 19.1 Å². The van der Waals surface area contributed by atoms with Crippen LogP contribution in [-0.4, -0.2) is 34.9 Å². The molecule has 4 rings (SSSR count). The van der Waals surface area contributed by atoms with Crippen molar-refractivity contribution in [3.05, 3.63) is 35.3 Å². The molecule has 2 bridgehead atoms. The van der Waals surface area contributed by atoms with Gasteiger partial charge >= 0.3 is 0 Å². The number of hydrogen-bond donors (Lipinski definition) is 3. The van der Waals surface area contributed by atoms with Gasteiger partial charge < -0.3 is 19.9 Å². The SMILES string of the molecule is Cc1c(C(=O)NC[C@@H]2C[C@H]3C[C@@H]2[C@H](O)[C@@H]3O)oc2c(F)cccc12. The fourth-order valence-electron chi connectivity index (χ4n) is 4.40. The van der Waals surface area contributed by atoms with Crippen molar-refractivity contribution in [3.8, 4) is 0 Å². The van der Waals surface area contributed by atoms with Crippen molar-refractivity contribution >= 4 is 16.9 Å². The Morgan fingerprint density at radius 1 is 1.33 bits per heavy atom. The first kappa shape index (κ1) is 15.6. The van der Waals surface area contributed by atoms with Crippen LogP contribution >= 0.6 is 0 Å². The van der Waals surface area contributed by atoms with Crippen LogP contribution in [0.1, 0.15) is 29.0 Å². The summed E-state index contributed by atoms with van der Waals surface area (Å²) in [6.07, 6.45) is 0.268. The number of para-hydroxylation sites is 1. The van der Waals surface area contributed by atoms with Gasteiger partial charge in [-0.15, -0.1) is 0 Å². The maximum atomic E-state index is 13.8. The molecule has 5 atom stereocenters.